The van der Waals surface area contributed by atoms with E-state index in [1.165, 1.54) is 6.07 Å². The lowest BCUT2D eigenvalue weighted by molar-refractivity contribution is -0.114. The molecule has 0 bridgehead atoms. The van der Waals surface area contributed by atoms with E-state index in [2.05, 4.69) is 10.2 Å². The van der Waals surface area contributed by atoms with E-state index in [4.69, 9.17) is 4.42 Å². The number of carbonyl (C=O) groups is 1. The molecule has 0 amide bonds. The maximum Gasteiger partial charge on any atom is 0.186 e. The van der Waals surface area contributed by atoms with Crippen molar-refractivity contribution in [1.82, 2.24) is 0 Å². The number of allylic oxidation sites excluding steroid dienone is 5. The van der Waals surface area contributed by atoms with Crippen molar-refractivity contribution in [2.24, 2.45) is 21.1 Å². The molecule has 0 spiro atoms. The Morgan fingerprint density at radius 1 is 0.853 bits per heavy atom. The van der Waals surface area contributed by atoms with Gasteiger partial charge in [-0.2, -0.15) is 0 Å². The van der Waals surface area contributed by atoms with Gasteiger partial charge in [0, 0.05) is 22.1 Å². The fourth-order valence-corrected chi connectivity index (χ4v) is 3.86. The Bertz CT molecular complexity index is 1320. The van der Waals surface area contributed by atoms with Crippen molar-refractivity contribution in [3.05, 3.63) is 95.0 Å². The topological polar surface area (TPSA) is 54.9 Å². The minimum atomic E-state index is -0.462. The zero-order valence-corrected chi connectivity index (χ0v) is 20.4. The third-order valence-corrected chi connectivity index (χ3v) is 5.75. The molecule has 174 valence electrons. The Morgan fingerprint density at radius 3 is 2.03 bits per heavy atom. The number of carbonyl (C=O) groups excluding carboxylic acids is 1. The predicted molar refractivity (Wildman–Crippen MR) is 134 cm³/mol. The smallest absolute Gasteiger partial charge is 0.186 e. The number of ketones is 1. The molecule has 1 aliphatic rings. The Balaban J connectivity index is 2.01. The molecule has 0 aliphatic heterocycles. The van der Waals surface area contributed by atoms with Crippen molar-refractivity contribution in [3.63, 3.8) is 0 Å². The standard InChI is InChI=1S/C29H29FN2O2/c1-28(2,3)20-15-19(16-21(27(20)33)29(4,5)6)26(32-31-23-13-9-8-12-22(23)30)25-17-18-11-7-10-14-24(18)34-25/h7-17H,1-6H3. The van der Waals surface area contributed by atoms with Gasteiger partial charge in [0.2, 0.25) is 0 Å². The maximum atomic E-state index is 14.3. The molecule has 0 radical (unpaired) electrons. The Labute approximate surface area is 199 Å². The third-order valence-electron chi connectivity index (χ3n) is 5.75. The molecular weight excluding hydrogens is 427 g/mol. The van der Waals surface area contributed by atoms with E-state index in [0.29, 0.717) is 33.8 Å². The first-order chi connectivity index (χ1) is 15.9. The van der Waals surface area contributed by atoms with Gasteiger partial charge in [-0.1, -0.05) is 71.9 Å². The minimum Gasteiger partial charge on any atom is -0.454 e. The average molecular weight is 457 g/mol. The van der Waals surface area contributed by atoms with Crippen LogP contribution in [-0.2, 0) is 4.79 Å². The Kier molecular flexibility index (Phi) is 5.98. The number of hydrogen-bond acceptors (Lipinski definition) is 4. The highest BCUT2D eigenvalue weighted by atomic mass is 19.1. The van der Waals surface area contributed by atoms with Crippen molar-refractivity contribution in [3.8, 4) is 0 Å². The lowest BCUT2D eigenvalue weighted by Gasteiger charge is -2.31. The van der Waals surface area contributed by atoms with Crippen LogP contribution in [0.3, 0.4) is 0 Å². The molecule has 1 aliphatic carbocycles. The van der Waals surface area contributed by atoms with E-state index >= 15 is 0 Å². The van der Waals surface area contributed by atoms with Crippen molar-refractivity contribution >= 4 is 28.1 Å². The number of benzene rings is 2. The number of rotatable bonds is 3. The molecule has 2 aromatic carbocycles. The van der Waals surface area contributed by atoms with E-state index < -0.39 is 5.82 Å². The fourth-order valence-electron chi connectivity index (χ4n) is 3.86. The molecule has 5 heteroatoms. The molecule has 1 heterocycles. The summed E-state index contributed by atoms with van der Waals surface area (Å²) in [6, 6.07) is 15.8. The summed E-state index contributed by atoms with van der Waals surface area (Å²) >= 11 is 0. The van der Waals surface area contributed by atoms with E-state index in [1.54, 1.807) is 18.2 Å². The van der Waals surface area contributed by atoms with Gasteiger partial charge in [0.05, 0.1) is 0 Å². The average Bonchev–Trinajstić information content (AvgIpc) is 3.18. The minimum absolute atomic E-state index is 0.0266. The summed E-state index contributed by atoms with van der Waals surface area (Å²) in [7, 11) is 0. The van der Waals surface area contributed by atoms with E-state index in [9.17, 15) is 9.18 Å². The van der Waals surface area contributed by atoms with Gasteiger partial charge in [0.15, 0.2) is 17.4 Å². The van der Waals surface area contributed by atoms with Crippen molar-refractivity contribution in [2.75, 3.05) is 0 Å². The molecule has 0 saturated heterocycles. The van der Waals surface area contributed by atoms with Crippen LogP contribution in [0.25, 0.3) is 16.7 Å². The molecular formula is C29H29FN2O2. The highest BCUT2D eigenvalue weighted by molar-refractivity contribution is 6.12. The Morgan fingerprint density at radius 2 is 1.44 bits per heavy atom. The summed E-state index contributed by atoms with van der Waals surface area (Å²) in [4.78, 5) is 13.4. The van der Waals surface area contributed by atoms with Crippen LogP contribution >= 0.6 is 0 Å². The van der Waals surface area contributed by atoms with Crippen molar-refractivity contribution in [2.45, 2.75) is 41.5 Å². The fraction of sp³-hybridized carbons (Fsp3) is 0.276. The first-order valence-electron chi connectivity index (χ1n) is 11.3. The number of para-hydroxylation sites is 1. The SMILES string of the molecule is CC(C)(C)C1=CC(=C(N=Nc2ccccc2F)c2cc3ccccc3o2)C=C(C(C)(C)C)C1=O. The van der Waals surface area contributed by atoms with E-state index in [1.807, 2.05) is 84.0 Å². The van der Waals surface area contributed by atoms with Crippen LogP contribution in [0.4, 0.5) is 10.1 Å². The molecule has 0 atom stereocenters. The van der Waals surface area contributed by atoms with Crippen LogP contribution in [-0.4, -0.2) is 5.78 Å². The summed E-state index contributed by atoms with van der Waals surface area (Å²) in [5, 5.41) is 9.60. The number of halogens is 1. The van der Waals surface area contributed by atoms with Crippen molar-refractivity contribution < 1.29 is 13.6 Å². The van der Waals surface area contributed by atoms with Crippen molar-refractivity contribution in [1.29, 1.82) is 0 Å². The molecule has 4 nitrogen and oxygen atoms in total. The first-order valence-corrected chi connectivity index (χ1v) is 11.3. The molecule has 4 rings (SSSR count). The van der Waals surface area contributed by atoms with Crippen LogP contribution < -0.4 is 0 Å². The lowest BCUT2D eigenvalue weighted by Crippen LogP contribution is -2.28. The van der Waals surface area contributed by atoms with Gasteiger partial charge >= 0.3 is 0 Å². The van der Waals surface area contributed by atoms with E-state index in [0.717, 1.165) is 5.39 Å². The molecule has 1 aromatic heterocycles. The van der Waals surface area contributed by atoms with Gasteiger partial charge in [0.25, 0.3) is 0 Å². The number of Topliss-reactive ketones (excluding diaryl/α,β-unsaturated/α-hetero) is 1. The van der Waals surface area contributed by atoms with Gasteiger partial charge in [-0.15, -0.1) is 10.2 Å². The molecule has 3 aromatic rings. The second-order valence-electron chi connectivity index (χ2n) is 10.5. The van der Waals surface area contributed by atoms with Crippen LogP contribution in [0.1, 0.15) is 47.3 Å². The zero-order valence-electron chi connectivity index (χ0n) is 20.4. The number of azo groups is 1. The van der Waals surface area contributed by atoms with E-state index in [-0.39, 0.29) is 22.3 Å². The van der Waals surface area contributed by atoms with Gasteiger partial charge < -0.3 is 4.42 Å². The summed E-state index contributed by atoms with van der Waals surface area (Å²) < 4.78 is 20.4. The zero-order chi connectivity index (χ0) is 24.7. The number of fused-ring (bicyclic) bond motifs is 1. The number of nitrogens with zero attached hydrogens (tertiary/aromatic N) is 2. The highest BCUT2D eigenvalue weighted by Crippen LogP contribution is 2.41. The van der Waals surface area contributed by atoms with Gasteiger partial charge in [0.1, 0.15) is 17.0 Å². The summed E-state index contributed by atoms with van der Waals surface area (Å²) in [5.74, 6) is 0.0641. The van der Waals surface area contributed by atoms with Crippen LogP contribution in [0.5, 0.6) is 0 Å². The monoisotopic (exact) mass is 456 g/mol. The first kappa shape index (κ1) is 23.6. The number of hydrogen-bond donors (Lipinski definition) is 0. The molecule has 0 saturated carbocycles. The van der Waals surface area contributed by atoms with Gasteiger partial charge in [-0.25, -0.2) is 4.39 Å². The molecule has 0 fully saturated rings. The van der Waals surface area contributed by atoms with Crippen LogP contribution in [0.15, 0.2) is 98.1 Å². The summed E-state index contributed by atoms with van der Waals surface area (Å²) in [6.45, 7) is 12.1. The molecule has 0 unspecified atom stereocenters. The second-order valence-corrected chi connectivity index (χ2v) is 10.5. The lowest BCUT2D eigenvalue weighted by atomic mass is 9.71. The maximum absolute atomic E-state index is 14.3. The summed E-state index contributed by atoms with van der Waals surface area (Å²) in [5.41, 5.74) is 2.59. The Hall–Kier alpha value is -3.60. The number of furan rings is 1. The van der Waals surface area contributed by atoms with Crippen LogP contribution in [0, 0.1) is 16.6 Å². The summed E-state index contributed by atoms with van der Waals surface area (Å²) in [6.07, 6.45) is 3.72. The third kappa shape index (κ3) is 4.69. The highest BCUT2D eigenvalue weighted by Gasteiger charge is 2.35. The quantitative estimate of drug-likeness (QED) is 0.371. The van der Waals surface area contributed by atoms with Crippen LogP contribution in [0.2, 0.25) is 0 Å². The predicted octanol–water partition coefficient (Wildman–Crippen LogP) is 8.59. The molecule has 34 heavy (non-hydrogen) atoms. The molecule has 0 N–H and O–H groups in total. The van der Waals surface area contributed by atoms with Gasteiger partial charge in [-0.3, -0.25) is 4.79 Å². The second kappa shape index (κ2) is 8.64. The normalized spacial score (nSPS) is 15.1. The van der Waals surface area contributed by atoms with Gasteiger partial charge in [-0.05, 0) is 47.2 Å². The largest absolute Gasteiger partial charge is 0.454 e.